The molecule has 0 aliphatic rings. The Balaban J connectivity index is 1.76. The van der Waals surface area contributed by atoms with Crippen LogP contribution in [0.15, 0.2) is 42.5 Å². The number of hydrogen-bond donors (Lipinski definition) is 1. The lowest BCUT2D eigenvalue weighted by molar-refractivity contribution is -0.123. The van der Waals surface area contributed by atoms with Crippen molar-refractivity contribution in [1.29, 1.82) is 0 Å². The number of para-hydroxylation sites is 1. The summed E-state index contributed by atoms with van der Waals surface area (Å²) < 4.78 is 11.2. The molecule has 2 aromatic carbocycles. The Labute approximate surface area is 164 Å². The lowest BCUT2D eigenvalue weighted by atomic mass is 9.86. The summed E-state index contributed by atoms with van der Waals surface area (Å²) in [6.45, 7) is 7.04. The van der Waals surface area contributed by atoms with Gasteiger partial charge in [-0.1, -0.05) is 62.2 Å². The second-order valence-corrected chi connectivity index (χ2v) is 7.65. The van der Waals surface area contributed by atoms with Gasteiger partial charge in [0.15, 0.2) is 6.61 Å². The van der Waals surface area contributed by atoms with Gasteiger partial charge in [0.05, 0.1) is 11.6 Å². The van der Waals surface area contributed by atoms with Crippen LogP contribution in [-0.4, -0.2) is 25.7 Å². The zero-order valence-electron chi connectivity index (χ0n) is 15.1. The van der Waals surface area contributed by atoms with Gasteiger partial charge >= 0.3 is 0 Å². The van der Waals surface area contributed by atoms with Gasteiger partial charge in [0.2, 0.25) is 0 Å². The predicted octanol–water partition coefficient (Wildman–Crippen LogP) is 4.86. The Hall–Kier alpha value is -1.91. The van der Waals surface area contributed by atoms with Crippen LogP contribution in [0.5, 0.6) is 11.5 Å². The second kappa shape index (κ2) is 9.15. The van der Waals surface area contributed by atoms with Crippen molar-refractivity contribution in [1.82, 2.24) is 5.32 Å². The smallest absolute Gasteiger partial charge is 0.258 e. The Kier molecular flexibility index (Phi) is 7.18. The molecule has 0 spiro atoms. The highest BCUT2D eigenvalue weighted by Crippen LogP contribution is 2.30. The first-order valence-corrected chi connectivity index (χ1v) is 9.10. The minimum Gasteiger partial charge on any atom is -0.491 e. The zero-order chi connectivity index (χ0) is 19.2. The molecule has 0 heterocycles. The van der Waals surface area contributed by atoms with Crippen LogP contribution in [0.25, 0.3) is 0 Å². The molecule has 0 aromatic heterocycles. The number of rotatable bonds is 7. The fourth-order valence-electron chi connectivity index (χ4n) is 2.35. The summed E-state index contributed by atoms with van der Waals surface area (Å²) in [6, 6.07) is 12.8. The molecule has 1 N–H and O–H groups in total. The van der Waals surface area contributed by atoms with E-state index in [1.807, 2.05) is 18.2 Å². The van der Waals surface area contributed by atoms with Crippen LogP contribution >= 0.6 is 23.2 Å². The number of amides is 1. The first-order chi connectivity index (χ1) is 12.3. The van der Waals surface area contributed by atoms with Crippen molar-refractivity contribution in [2.45, 2.75) is 26.2 Å². The van der Waals surface area contributed by atoms with Gasteiger partial charge < -0.3 is 14.8 Å². The molecule has 0 fully saturated rings. The maximum absolute atomic E-state index is 11.9. The molecular formula is C20H23Cl2NO3. The third-order valence-electron chi connectivity index (χ3n) is 3.63. The average molecular weight is 396 g/mol. The van der Waals surface area contributed by atoms with Gasteiger partial charge in [0.1, 0.15) is 18.1 Å². The van der Waals surface area contributed by atoms with Gasteiger partial charge in [-0.3, -0.25) is 4.79 Å². The Morgan fingerprint density at radius 2 is 1.77 bits per heavy atom. The van der Waals surface area contributed by atoms with E-state index in [0.29, 0.717) is 28.9 Å². The van der Waals surface area contributed by atoms with Crippen molar-refractivity contribution in [3.63, 3.8) is 0 Å². The zero-order valence-corrected chi connectivity index (χ0v) is 16.7. The van der Waals surface area contributed by atoms with Crippen molar-refractivity contribution < 1.29 is 14.3 Å². The number of carbonyl (C=O) groups excluding carboxylic acids is 1. The van der Waals surface area contributed by atoms with Crippen molar-refractivity contribution >= 4 is 29.1 Å². The largest absolute Gasteiger partial charge is 0.491 e. The summed E-state index contributed by atoms with van der Waals surface area (Å²) in [6.07, 6.45) is 0. The molecule has 0 bridgehead atoms. The summed E-state index contributed by atoms with van der Waals surface area (Å²) in [5.41, 5.74) is 1.12. The van der Waals surface area contributed by atoms with Gasteiger partial charge in [-0.2, -0.15) is 0 Å². The highest BCUT2D eigenvalue weighted by atomic mass is 35.5. The summed E-state index contributed by atoms with van der Waals surface area (Å²) in [7, 11) is 0. The van der Waals surface area contributed by atoms with Crippen LogP contribution in [0.1, 0.15) is 26.3 Å². The normalized spacial score (nSPS) is 11.1. The number of halogens is 2. The van der Waals surface area contributed by atoms with E-state index in [0.717, 1.165) is 11.3 Å². The highest BCUT2D eigenvalue weighted by molar-refractivity contribution is 6.35. The Bertz CT molecular complexity index is 757. The van der Waals surface area contributed by atoms with Crippen LogP contribution in [-0.2, 0) is 10.2 Å². The highest BCUT2D eigenvalue weighted by Gasteiger charge is 2.18. The third kappa shape index (κ3) is 6.11. The van der Waals surface area contributed by atoms with Gasteiger partial charge in [-0.05, 0) is 35.2 Å². The molecule has 0 radical (unpaired) electrons. The molecule has 1 amide bonds. The van der Waals surface area contributed by atoms with Gasteiger partial charge in [-0.15, -0.1) is 0 Å². The molecular weight excluding hydrogens is 373 g/mol. The van der Waals surface area contributed by atoms with Crippen LogP contribution in [0.4, 0.5) is 0 Å². The van der Waals surface area contributed by atoms with E-state index >= 15 is 0 Å². The molecule has 140 valence electrons. The van der Waals surface area contributed by atoms with E-state index in [1.165, 1.54) is 0 Å². The molecule has 0 saturated heterocycles. The maximum Gasteiger partial charge on any atom is 0.258 e. The summed E-state index contributed by atoms with van der Waals surface area (Å²) >= 11 is 11.8. The third-order valence-corrected chi connectivity index (χ3v) is 4.16. The molecule has 6 heteroatoms. The molecule has 2 aromatic rings. The van der Waals surface area contributed by atoms with Crippen LogP contribution in [0.2, 0.25) is 10.0 Å². The SMILES string of the molecule is CC(C)(C)c1ccccc1OCCNC(=O)COc1ccc(Cl)cc1Cl. The average Bonchev–Trinajstić information content (AvgIpc) is 2.57. The fraction of sp³-hybridized carbons (Fsp3) is 0.350. The molecule has 4 nitrogen and oxygen atoms in total. The van der Waals surface area contributed by atoms with E-state index in [2.05, 4.69) is 32.2 Å². The van der Waals surface area contributed by atoms with Crippen LogP contribution in [0.3, 0.4) is 0 Å². The fourth-order valence-corrected chi connectivity index (χ4v) is 2.81. The molecule has 0 atom stereocenters. The van der Waals surface area contributed by atoms with Crippen molar-refractivity contribution in [2.24, 2.45) is 0 Å². The quantitative estimate of drug-likeness (QED) is 0.680. The van der Waals surface area contributed by atoms with Gasteiger partial charge in [-0.25, -0.2) is 0 Å². The monoisotopic (exact) mass is 395 g/mol. The number of ether oxygens (including phenoxy) is 2. The van der Waals surface area contributed by atoms with E-state index in [-0.39, 0.29) is 17.9 Å². The molecule has 0 aliphatic heterocycles. The second-order valence-electron chi connectivity index (χ2n) is 6.81. The number of hydrogen-bond acceptors (Lipinski definition) is 3. The van der Waals surface area contributed by atoms with E-state index in [4.69, 9.17) is 32.7 Å². The van der Waals surface area contributed by atoms with Crippen molar-refractivity contribution in [2.75, 3.05) is 19.8 Å². The molecule has 0 saturated carbocycles. The molecule has 0 unspecified atom stereocenters. The predicted molar refractivity (Wildman–Crippen MR) is 106 cm³/mol. The van der Waals surface area contributed by atoms with Crippen LogP contribution < -0.4 is 14.8 Å². The van der Waals surface area contributed by atoms with E-state index in [1.54, 1.807) is 18.2 Å². The van der Waals surface area contributed by atoms with E-state index < -0.39 is 0 Å². The summed E-state index contributed by atoms with van der Waals surface area (Å²) in [5.74, 6) is 1.00. The minimum atomic E-state index is -0.247. The first kappa shape index (κ1) is 20.4. The molecule has 0 aliphatic carbocycles. The maximum atomic E-state index is 11.9. The van der Waals surface area contributed by atoms with Gasteiger partial charge in [0, 0.05) is 5.02 Å². The summed E-state index contributed by atoms with van der Waals surface area (Å²) in [5, 5.41) is 3.64. The minimum absolute atomic E-state index is 0.00840. The number of nitrogens with one attached hydrogen (secondary N) is 1. The van der Waals surface area contributed by atoms with Gasteiger partial charge in [0.25, 0.3) is 5.91 Å². The summed E-state index contributed by atoms with van der Waals surface area (Å²) in [4.78, 5) is 11.9. The lowest BCUT2D eigenvalue weighted by Gasteiger charge is -2.22. The van der Waals surface area contributed by atoms with E-state index in [9.17, 15) is 4.79 Å². The van der Waals surface area contributed by atoms with Crippen molar-refractivity contribution in [3.8, 4) is 11.5 Å². The molecule has 26 heavy (non-hydrogen) atoms. The Morgan fingerprint density at radius 3 is 2.46 bits per heavy atom. The number of benzene rings is 2. The van der Waals surface area contributed by atoms with Crippen molar-refractivity contribution in [3.05, 3.63) is 58.1 Å². The molecule has 2 rings (SSSR count). The topological polar surface area (TPSA) is 47.6 Å². The number of carbonyl (C=O) groups is 1. The first-order valence-electron chi connectivity index (χ1n) is 8.34. The Morgan fingerprint density at radius 1 is 1.04 bits per heavy atom. The van der Waals surface area contributed by atoms with Crippen LogP contribution in [0, 0.1) is 0 Å². The standard InChI is InChI=1S/C20H23Cl2NO3/c1-20(2,3)15-6-4-5-7-17(15)25-11-10-23-19(24)13-26-18-9-8-14(21)12-16(18)22/h4-9,12H,10-11,13H2,1-3H3,(H,23,24). The lowest BCUT2D eigenvalue weighted by Crippen LogP contribution is -2.32.